The quantitative estimate of drug-likeness (QED) is 0.471. The smallest absolute Gasteiger partial charge is 0.337 e. The minimum absolute atomic E-state index is 0.135. The van der Waals surface area contributed by atoms with Crippen LogP contribution in [0.4, 0.5) is 0 Å². The molecular formula is C23H23NO4. The van der Waals surface area contributed by atoms with E-state index < -0.39 is 5.97 Å². The van der Waals surface area contributed by atoms with E-state index in [9.17, 15) is 15.0 Å². The molecule has 5 heteroatoms. The molecule has 4 bridgehead atoms. The molecule has 28 heavy (non-hydrogen) atoms. The van der Waals surface area contributed by atoms with Gasteiger partial charge in [-0.15, -0.1) is 0 Å². The van der Waals surface area contributed by atoms with Crippen LogP contribution in [0.25, 0.3) is 5.69 Å². The van der Waals surface area contributed by atoms with Crippen molar-refractivity contribution in [1.29, 1.82) is 0 Å². The lowest BCUT2D eigenvalue weighted by molar-refractivity contribution is 0.0600. The van der Waals surface area contributed by atoms with E-state index in [-0.39, 0.29) is 11.8 Å². The van der Waals surface area contributed by atoms with Crippen LogP contribution in [-0.4, -0.2) is 27.9 Å². The highest BCUT2D eigenvalue weighted by atomic mass is 16.5. The zero-order valence-corrected chi connectivity index (χ0v) is 15.9. The number of allylic oxidation sites excluding steroid dienone is 2. The van der Waals surface area contributed by atoms with Crippen LogP contribution in [0.2, 0.25) is 0 Å². The number of nitrogens with zero attached hydrogens (tertiary/aromatic N) is 1. The summed E-state index contributed by atoms with van der Waals surface area (Å²) in [6, 6.07) is 5.20. The first-order valence-corrected chi connectivity index (χ1v) is 10.0. The molecule has 6 atom stereocenters. The van der Waals surface area contributed by atoms with Crippen molar-refractivity contribution in [3.05, 3.63) is 52.6 Å². The number of hydrogen-bond acceptors (Lipinski definition) is 4. The van der Waals surface area contributed by atoms with Crippen LogP contribution in [0.1, 0.15) is 51.7 Å². The number of rotatable bonds is 2. The van der Waals surface area contributed by atoms with E-state index in [0.29, 0.717) is 46.8 Å². The van der Waals surface area contributed by atoms with Gasteiger partial charge in [0.05, 0.1) is 18.4 Å². The number of carbonyl (C=O) groups is 1. The first-order valence-electron chi connectivity index (χ1n) is 10.0. The summed E-state index contributed by atoms with van der Waals surface area (Å²) in [5.74, 6) is 2.90. The summed E-state index contributed by atoms with van der Waals surface area (Å²) >= 11 is 0. The average molecular weight is 377 g/mol. The Morgan fingerprint density at radius 2 is 1.64 bits per heavy atom. The maximum Gasteiger partial charge on any atom is 0.337 e. The molecule has 2 fully saturated rings. The van der Waals surface area contributed by atoms with Crippen LogP contribution >= 0.6 is 0 Å². The van der Waals surface area contributed by atoms with E-state index >= 15 is 0 Å². The molecule has 4 aliphatic rings. The van der Waals surface area contributed by atoms with Gasteiger partial charge in [0.2, 0.25) is 11.8 Å². The van der Waals surface area contributed by atoms with Gasteiger partial charge in [0.1, 0.15) is 0 Å². The van der Waals surface area contributed by atoms with Crippen molar-refractivity contribution in [3.8, 4) is 17.4 Å². The van der Waals surface area contributed by atoms with E-state index in [0.717, 1.165) is 23.1 Å². The van der Waals surface area contributed by atoms with E-state index in [1.165, 1.54) is 18.1 Å². The molecule has 6 rings (SSSR count). The Hall–Kier alpha value is -2.69. The van der Waals surface area contributed by atoms with Crippen molar-refractivity contribution in [2.45, 2.75) is 31.6 Å². The Kier molecular flexibility index (Phi) is 3.03. The van der Waals surface area contributed by atoms with E-state index in [2.05, 4.69) is 12.2 Å². The van der Waals surface area contributed by atoms with Gasteiger partial charge in [0.25, 0.3) is 0 Å². The number of esters is 1. The Morgan fingerprint density at radius 3 is 2.21 bits per heavy atom. The van der Waals surface area contributed by atoms with Crippen molar-refractivity contribution < 1.29 is 19.7 Å². The Balaban J connectivity index is 1.52. The summed E-state index contributed by atoms with van der Waals surface area (Å²) in [4.78, 5) is 12.0. The highest BCUT2D eigenvalue weighted by Crippen LogP contribution is 2.72. The molecule has 2 aromatic rings. The van der Waals surface area contributed by atoms with Gasteiger partial charge in [-0.05, 0) is 73.0 Å². The maximum absolute atomic E-state index is 12.0. The third kappa shape index (κ3) is 1.75. The van der Waals surface area contributed by atoms with Crippen LogP contribution in [0.5, 0.6) is 11.8 Å². The number of benzene rings is 1. The minimum Gasteiger partial charge on any atom is -0.494 e. The van der Waals surface area contributed by atoms with Gasteiger partial charge in [-0.2, -0.15) is 0 Å². The Labute approximate surface area is 163 Å². The second-order valence-corrected chi connectivity index (χ2v) is 8.85. The second kappa shape index (κ2) is 5.22. The molecule has 2 N–H and O–H groups in total. The summed E-state index contributed by atoms with van der Waals surface area (Å²) in [5.41, 5.74) is 3.78. The summed E-state index contributed by atoms with van der Waals surface area (Å²) in [7, 11) is 1.35. The largest absolute Gasteiger partial charge is 0.494 e. The number of carbonyl (C=O) groups excluding carboxylic acids is 1. The van der Waals surface area contributed by atoms with Crippen molar-refractivity contribution in [1.82, 2.24) is 4.57 Å². The van der Waals surface area contributed by atoms with E-state index in [1.807, 2.05) is 13.0 Å². The van der Waals surface area contributed by atoms with Gasteiger partial charge < -0.3 is 14.9 Å². The van der Waals surface area contributed by atoms with Gasteiger partial charge in [-0.1, -0.05) is 18.2 Å². The van der Waals surface area contributed by atoms with Crippen molar-refractivity contribution in [3.63, 3.8) is 0 Å². The van der Waals surface area contributed by atoms with Crippen molar-refractivity contribution in [2.75, 3.05) is 7.11 Å². The fourth-order valence-corrected chi connectivity index (χ4v) is 6.88. The normalized spacial score (nSPS) is 33.4. The van der Waals surface area contributed by atoms with Crippen LogP contribution in [0.3, 0.4) is 0 Å². The number of methoxy groups -OCH3 is 1. The number of aromatic nitrogens is 1. The maximum atomic E-state index is 12.0. The highest BCUT2D eigenvalue weighted by Gasteiger charge is 2.62. The Morgan fingerprint density at radius 1 is 1.04 bits per heavy atom. The Bertz CT molecular complexity index is 1020. The molecule has 1 aromatic carbocycles. The first-order chi connectivity index (χ1) is 13.5. The molecule has 0 radical (unpaired) electrons. The second-order valence-electron chi connectivity index (χ2n) is 8.85. The molecule has 2 saturated carbocycles. The fraction of sp³-hybridized carbons (Fsp3) is 0.435. The lowest BCUT2D eigenvalue weighted by atomic mass is 9.72. The van der Waals surface area contributed by atoms with Crippen molar-refractivity contribution in [2.24, 2.45) is 23.7 Å². The molecule has 4 aliphatic carbocycles. The van der Waals surface area contributed by atoms with Crippen molar-refractivity contribution >= 4 is 5.97 Å². The monoisotopic (exact) mass is 377 g/mol. The molecule has 144 valence electrons. The number of ether oxygens (including phenoxy) is 1. The molecule has 0 spiro atoms. The SMILES string of the molecule is COC(=O)c1ccc(C)c(-n2c(O)c3c(c2O)C2CC3C3C4C=CC(C4)C23)c1. The van der Waals surface area contributed by atoms with Crippen LogP contribution in [0, 0.1) is 30.6 Å². The summed E-state index contributed by atoms with van der Waals surface area (Å²) in [6.45, 7) is 1.91. The number of hydrogen-bond donors (Lipinski definition) is 2. The molecule has 0 aliphatic heterocycles. The predicted octanol–water partition coefficient (Wildman–Crippen LogP) is 4.01. The third-order valence-electron chi connectivity index (χ3n) is 7.83. The van der Waals surface area contributed by atoms with Gasteiger partial charge in [-0.25, -0.2) is 4.79 Å². The molecule has 5 nitrogen and oxygen atoms in total. The summed E-state index contributed by atoms with van der Waals surface area (Å²) in [5, 5.41) is 22.4. The lowest BCUT2D eigenvalue weighted by Gasteiger charge is -2.31. The fourth-order valence-electron chi connectivity index (χ4n) is 6.88. The first kappa shape index (κ1) is 16.3. The van der Waals surface area contributed by atoms with Gasteiger partial charge in [-0.3, -0.25) is 4.57 Å². The predicted molar refractivity (Wildman–Crippen MR) is 103 cm³/mol. The summed E-state index contributed by atoms with van der Waals surface area (Å²) in [6.07, 6.45) is 7.00. The van der Waals surface area contributed by atoms with E-state index in [1.54, 1.807) is 12.1 Å². The van der Waals surface area contributed by atoms with Gasteiger partial charge >= 0.3 is 5.97 Å². The lowest BCUT2D eigenvalue weighted by Crippen LogP contribution is -2.24. The molecule has 0 amide bonds. The van der Waals surface area contributed by atoms with Gasteiger partial charge in [0.15, 0.2) is 0 Å². The minimum atomic E-state index is -0.433. The molecule has 1 heterocycles. The number of aryl methyl sites for hydroxylation is 1. The molecule has 1 aromatic heterocycles. The highest BCUT2D eigenvalue weighted by molar-refractivity contribution is 5.90. The van der Waals surface area contributed by atoms with Gasteiger partial charge in [0, 0.05) is 11.1 Å². The zero-order chi connectivity index (χ0) is 19.3. The number of aromatic hydroxyl groups is 2. The third-order valence-corrected chi connectivity index (χ3v) is 7.83. The average Bonchev–Trinajstić information content (AvgIpc) is 3.48. The topological polar surface area (TPSA) is 71.7 Å². The standard InChI is InChI=1S/C23H23NO4/c1-10-3-4-13(23(27)28-2)8-16(10)24-21(25)19-14-9-15(20(19)22(24)26)18-12-6-5-11(7-12)17(14)18/h3-6,8,11-12,14-15,17-18,25-26H,7,9H2,1-2H3. The van der Waals surface area contributed by atoms with E-state index in [4.69, 9.17) is 4.74 Å². The van der Waals surface area contributed by atoms with Crippen LogP contribution in [0.15, 0.2) is 30.4 Å². The summed E-state index contributed by atoms with van der Waals surface area (Å²) < 4.78 is 6.36. The molecule has 0 saturated heterocycles. The van der Waals surface area contributed by atoms with Crippen LogP contribution in [-0.2, 0) is 4.74 Å². The molecule has 6 unspecified atom stereocenters. The number of fused-ring (bicyclic) bond motifs is 12. The van der Waals surface area contributed by atoms with Crippen LogP contribution < -0.4 is 0 Å². The molecular weight excluding hydrogens is 354 g/mol. The zero-order valence-electron chi connectivity index (χ0n) is 15.9.